The van der Waals surface area contributed by atoms with Crippen molar-refractivity contribution in [1.29, 1.82) is 0 Å². The zero-order valence-electron chi connectivity index (χ0n) is 12.3. The van der Waals surface area contributed by atoms with E-state index in [2.05, 4.69) is 0 Å². The van der Waals surface area contributed by atoms with Gasteiger partial charge in [0.05, 0.1) is 20.8 Å². The lowest BCUT2D eigenvalue weighted by atomic mass is 10.0. The Morgan fingerprint density at radius 3 is 2.55 bits per heavy atom. The molecule has 0 aliphatic rings. The fourth-order valence-corrected chi connectivity index (χ4v) is 1.95. The molecule has 0 fully saturated rings. The second-order valence-corrected chi connectivity index (χ2v) is 4.42. The normalized spacial score (nSPS) is 11.8. The summed E-state index contributed by atoms with van der Waals surface area (Å²) >= 11 is 0. The van der Waals surface area contributed by atoms with Crippen LogP contribution in [0.3, 0.4) is 0 Å². The molecule has 1 unspecified atom stereocenters. The molecule has 0 amide bonds. The highest BCUT2D eigenvalue weighted by molar-refractivity contribution is 5.69. The van der Waals surface area contributed by atoms with Crippen LogP contribution in [0.1, 0.15) is 37.8 Å². The first kappa shape index (κ1) is 16.3. The Morgan fingerprint density at radius 2 is 1.95 bits per heavy atom. The molecule has 0 aliphatic carbocycles. The van der Waals surface area contributed by atoms with Crippen LogP contribution in [-0.4, -0.2) is 26.8 Å². The van der Waals surface area contributed by atoms with Crippen LogP contribution in [0.25, 0.3) is 0 Å². The van der Waals surface area contributed by atoms with Crippen molar-refractivity contribution in [3.8, 4) is 11.5 Å². The highest BCUT2D eigenvalue weighted by Gasteiger charge is 2.11. The summed E-state index contributed by atoms with van der Waals surface area (Å²) in [4.78, 5) is 11.2. The Morgan fingerprint density at radius 1 is 1.25 bits per heavy atom. The number of hydrogen-bond donors (Lipinski definition) is 1. The number of methoxy groups -OCH3 is 2. The van der Waals surface area contributed by atoms with Gasteiger partial charge in [0, 0.05) is 12.5 Å². The molecular weight excluding hydrogens is 258 g/mol. The van der Waals surface area contributed by atoms with E-state index in [1.807, 2.05) is 18.2 Å². The maximum Gasteiger partial charge on any atom is 0.305 e. The third-order valence-corrected chi connectivity index (χ3v) is 3.04. The summed E-state index contributed by atoms with van der Waals surface area (Å²) in [6, 6.07) is 5.48. The number of rotatable bonds is 8. The lowest BCUT2D eigenvalue weighted by Gasteiger charge is -2.14. The molecule has 0 aliphatic heterocycles. The van der Waals surface area contributed by atoms with Gasteiger partial charge in [0.1, 0.15) is 0 Å². The van der Waals surface area contributed by atoms with E-state index >= 15 is 0 Å². The van der Waals surface area contributed by atoms with Gasteiger partial charge in [-0.2, -0.15) is 0 Å². The Bertz CT molecular complexity index is 434. The molecule has 1 aromatic carbocycles. The van der Waals surface area contributed by atoms with Crippen LogP contribution in [-0.2, 0) is 9.53 Å². The summed E-state index contributed by atoms with van der Waals surface area (Å²) < 4.78 is 15.3. The smallest absolute Gasteiger partial charge is 0.305 e. The summed E-state index contributed by atoms with van der Waals surface area (Å²) in [5, 5.41) is 0. The van der Waals surface area contributed by atoms with Gasteiger partial charge in [0.2, 0.25) is 0 Å². The van der Waals surface area contributed by atoms with Crippen LogP contribution in [0.15, 0.2) is 18.2 Å². The van der Waals surface area contributed by atoms with Crippen LogP contribution in [0.4, 0.5) is 0 Å². The van der Waals surface area contributed by atoms with Crippen molar-refractivity contribution in [2.75, 3.05) is 20.8 Å². The zero-order valence-corrected chi connectivity index (χ0v) is 12.3. The van der Waals surface area contributed by atoms with Gasteiger partial charge in [-0.1, -0.05) is 6.07 Å². The maximum absolute atomic E-state index is 11.2. The van der Waals surface area contributed by atoms with Crippen molar-refractivity contribution in [1.82, 2.24) is 0 Å². The molecule has 0 saturated heterocycles. The second kappa shape index (κ2) is 8.43. The SMILES string of the molecule is CCOC(=O)CCCC(N)c1ccc(OC)c(OC)c1. The van der Waals surface area contributed by atoms with Gasteiger partial charge >= 0.3 is 5.97 Å². The van der Waals surface area contributed by atoms with Gasteiger partial charge in [-0.25, -0.2) is 0 Å². The number of esters is 1. The lowest BCUT2D eigenvalue weighted by molar-refractivity contribution is -0.143. The maximum atomic E-state index is 11.2. The quantitative estimate of drug-likeness (QED) is 0.741. The Balaban J connectivity index is 2.55. The molecule has 0 saturated carbocycles. The minimum absolute atomic E-state index is 0.135. The van der Waals surface area contributed by atoms with Gasteiger partial charge in [0.25, 0.3) is 0 Å². The second-order valence-electron chi connectivity index (χ2n) is 4.42. The van der Waals surface area contributed by atoms with Crippen molar-refractivity contribution in [2.24, 2.45) is 5.73 Å². The van der Waals surface area contributed by atoms with Crippen molar-refractivity contribution in [3.05, 3.63) is 23.8 Å². The first-order valence-electron chi connectivity index (χ1n) is 6.75. The fraction of sp³-hybridized carbons (Fsp3) is 0.533. The highest BCUT2D eigenvalue weighted by atomic mass is 16.5. The van der Waals surface area contributed by atoms with E-state index in [1.165, 1.54) is 0 Å². The summed E-state index contributed by atoms with van der Waals surface area (Å²) in [6.07, 6.45) is 1.82. The standard InChI is InChI=1S/C15H23NO4/c1-4-20-15(17)7-5-6-12(16)11-8-9-13(18-2)14(10-11)19-3/h8-10,12H,4-7,16H2,1-3H3. The molecule has 1 aromatic rings. The van der Waals surface area contributed by atoms with Gasteiger partial charge < -0.3 is 19.9 Å². The topological polar surface area (TPSA) is 70.8 Å². The number of carbonyl (C=O) groups is 1. The predicted octanol–water partition coefficient (Wildman–Crippen LogP) is 2.44. The fourth-order valence-electron chi connectivity index (χ4n) is 1.95. The molecule has 1 rings (SSSR count). The molecule has 0 heterocycles. The van der Waals surface area contributed by atoms with Gasteiger partial charge in [-0.15, -0.1) is 0 Å². The van der Waals surface area contributed by atoms with Gasteiger partial charge in [-0.3, -0.25) is 4.79 Å². The number of benzene rings is 1. The average Bonchev–Trinajstić information content (AvgIpc) is 2.46. The van der Waals surface area contributed by atoms with Crippen LogP contribution in [0.5, 0.6) is 11.5 Å². The van der Waals surface area contributed by atoms with Gasteiger partial charge in [0.15, 0.2) is 11.5 Å². The van der Waals surface area contributed by atoms with E-state index in [-0.39, 0.29) is 12.0 Å². The van der Waals surface area contributed by atoms with Crippen molar-refractivity contribution in [2.45, 2.75) is 32.2 Å². The average molecular weight is 281 g/mol. The zero-order chi connectivity index (χ0) is 15.0. The van der Waals surface area contributed by atoms with Crippen LogP contribution >= 0.6 is 0 Å². The molecule has 0 aromatic heterocycles. The monoisotopic (exact) mass is 281 g/mol. The van der Waals surface area contributed by atoms with Crippen LogP contribution in [0.2, 0.25) is 0 Å². The van der Waals surface area contributed by atoms with E-state index in [9.17, 15) is 4.79 Å². The summed E-state index contributed by atoms with van der Waals surface area (Å²) in [5.74, 6) is 1.16. The first-order chi connectivity index (χ1) is 9.62. The van der Waals surface area contributed by atoms with Crippen LogP contribution in [0, 0.1) is 0 Å². The van der Waals surface area contributed by atoms with E-state index in [0.717, 1.165) is 5.56 Å². The van der Waals surface area contributed by atoms with E-state index in [1.54, 1.807) is 21.1 Å². The van der Waals surface area contributed by atoms with E-state index in [4.69, 9.17) is 19.9 Å². The van der Waals surface area contributed by atoms with Crippen molar-refractivity contribution < 1.29 is 19.0 Å². The Hall–Kier alpha value is -1.75. The largest absolute Gasteiger partial charge is 0.493 e. The molecular formula is C15H23NO4. The minimum Gasteiger partial charge on any atom is -0.493 e. The molecule has 5 heteroatoms. The Labute approximate surface area is 120 Å². The minimum atomic E-state index is -0.174. The van der Waals surface area contributed by atoms with Gasteiger partial charge in [-0.05, 0) is 37.5 Å². The number of hydrogen-bond acceptors (Lipinski definition) is 5. The number of carbonyl (C=O) groups excluding carboxylic acids is 1. The molecule has 1 atom stereocenters. The molecule has 5 nitrogen and oxygen atoms in total. The third kappa shape index (κ3) is 4.74. The molecule has 0 spiro atoms. The van der Waals surface area contributed by atoms with Crippen LogP contribution < -0.4 is 15.2 Å². The third-order valence-electron chi connectivity index (χ3n) is 3.04. The molecule has 0 radical (unpaired) electrons. The summed E-state index contributed by atoms with van der Waals surface area (Å²) in [7, 11) is 3.19. The number of nitrogens with two attached hydrogens (primary N) is 1. The Kier molecular flexibility index (Phi) is 6.87. The first-order valence-corrected chi connectivity index (χ1v) is 6.75. The van der Waals surface area contributed by atoms with E-state index < -0.39 is 0 Å². The molecule has 0 bridgehead atoms. The lowest BCUT2D eigenvalue weighted by Crippen LogP contribution is -2.12. The van der Waals surface area contributed by atoms with Crippen molar-refractivity contribution >= 4 is 5.97 Å². The predicted molar refractivity (Wildman–Crippen MR) is 77.0 cm³/mol. The summed E-state index contributed by atoms with van der Waals surface area (Å²) in [5.41, 5.74) is 7.09. The molecule has 112 valence electrons. The molecule has 20 heavy (non-hydrogen) atoms. The summed E-state index contributed by atoms with van der Waals surface area (Å²) in [6.45, 7) is 2.22. The molecule has 2 N–H and O–H groups in total. The number of ether oxygens (including phenoxy) is 3. The van der Waals surface area contributed by atoms with E-state index in [0.29, 0.717) is 37.4 Å². The van der Waals surface area contributed by atoms with Crippen molar-refractivity contribution in [3.63, 3.8) is 0 Å². The highest BCUT2D eigenvalue weighted by Crippen LogP contribution is 2.30.